The van der Waals surface area contributed by atoms with Gasteiger partial charge in [0.05, 0.1) is 0 Å². The van der Waals surface area contributed by atoms with Crippen LogP contribution in [0.4, 0.5) is 5.69 Å². The molecule has 0 fully saturated rings. The van der Waals surface area contributed by atoms with Crippen LogP contribution in [0.3, 0.4) is 0 Å². The minimum Gasteiger partial charge on any atom is -0.340 e. The molecule has 0 radical (unpaired) electrons. The largest absolute Gasteiger partial charge is 0.340 e. The topological polar surface area (TPSA) is 57.8 Å². The number of nitrogens with zero attached hydrogens (tertiary/aromatic N) is 2. The first-order valence-electron chi connectivity index (χ1n) is 11.3. The van der Waals surface area contributed by atoms with E-state index < -0.39 is 5.91 Å². The molecule has 0 unspecified atom stereocenters. The Labute approximate surface area is 212 Å². The molecular formula is C30H22BrN3O. The molecule has 1 N–H and O–H groups in total. The average molecular weight is 520 g/mol. The van der Waals surface area contributed by atoms with E-state index in [1.54, 1.807) is 6.08 Å². The van der Waals surface area contributed by atoms with Gasteiger partial charge in [0.1, 0.15) is 11.6 Å². The van der Waals surface area contributed by atoms with Crippen LogP contribution in [0.1, 0.15) is 16.8 Å². The second-order valence-electron chi connectivity index (χ2n) is 8.41. The van der Waals surface area contributed by atoms with E-state index in [-0.39, 0.29) is 5.57 Å². The summed E-state index contributed by atoms with van der Waals surface area (Å²) in [5.74, 6) is -0.424. The molecule has 4 nitrogen and oxygen atoms in total. The number of benzene rings is 4. The Morgan fingerprint density at radius 3 is 2.46 bits per heavy atom. The van der Waals surface area contributed by atoms with Crippen LogP contribution >= 0.6 is 15.9 Å². The highest BCUT2D eigenvalue weighted by Crippen LogP contribution is 2.29. The van der Waals surface area contributed by atoms with E-state index in [0.29, 0.717) is 12.2 Å². The minimum atomic E-state index is -0.424. The van der Waals surface area contributed by atoms with Gasteiger partial charge in [0.2, 0.25) is 0 Å². The Bertz CT molecular complexity index is 1640. The molecule has 5 aromatic rings. The number of fused-ring (bicyclic) bond motifs is 2. The van der Waals surface area contributed by atoms with Crippen LogP contribution in [-0.4, -0.2) is 10.5 Å². The van der Waals surface area contributed by atoms with Crippen molar-refractivity contribution < 1.29 is 4.79 Å². The molecule has 5 rings (SSSR count). The number of nitriles is 1. The summed E-state index contributed by atoms with van der Waals surface area (Å²) in [6, 6.07) is 32.1. The summed E-state index contributed by atoms with van der Waals surface area (Å²) in [5, 5.41) is 15.9. The molecule has 0 aliphatic heterocycles. The van der Waals surface area contributed by atoms with Gasteiger partial charge in [0.15, 0.2) is 0 Å². The fourth-order valence-electron chi connectivity index (χ4n) is 4.37. The van der Waals surface area contributed by atoms with E-state index in [1.807, 2.05) is 79.7 Å². The number of hydrogen-bond donors (Lipinski definition) is 1. The molecule has 0 saturated heterocycles. The monoisotopic (exact) mass is 519 g/mol. The van der Waals surface area contributed by atoms with E-state index in [0.717, 1.165) is 37.4 Å². The normalized spacial score (nSPS) is 11.5. The highest BCUT2D eigenvalue weighted by Gasteiger charge is 2.16. The zero-order chi connectivity index (χ0) is 24.4. The third-order valence-corrected chi connectivity index (χ3v) is 6.72. The maximum atomic E-state index is 13.0. The van der Waals surface area contributed by atoms with Crippen LogP contribution in [0, 0.1) is 18.3 Å². The number of amides is 1. The van der Waals surface area contributed by atoms with E-state index in [9.17, 15) is 10.1 Å². The molecule has 0 bridgehead atoms. The summed E-state index contributed by atoms with van der Waals surface area (Å²) in [5.41, 5.74) is 4.83. The lowest BCUT2D eigenvalue weighted by Crippen LogP contribution is -2.13. The van der Waals surface area contributed by atoms with Crippen LogP contribution in [0.15, 0.2) is 101 Å². The first kappa shape index (κ1) is 22.6. The predicted molar refractivity (Wildman–Crippen MR) is 146 cm³/mol. The number of carbonyl (C=O) groups excluding carboxylic acids is 1. The van der Waals surface area contributed by atoms with Crippen LogP contribution in [0.25, 0.3) is 27.8 Å². The van der Waals surface area contributed by atoms with E-state index in [4.69, 9.17) is 0 Å². The molecule has 4 aromatic carbocycles. The van der Waals surface area contributed by atoms with E-state index >= 15 is 0 Å². The molecule has 1 amide bonds. The van der Waals surface area contributed by atoms with Crippen molar-refractivity contribution in [2.24, 2.45) is 0 Å². The lowest BCUT2D eigenvalue weighted by molar-refractivity contribution is -0.112. The number of carbonyl (C=O) groups is 1. The third-order valence-electron chi connectivity index (χ3n) is 6.19. The minimum absolute atomic E-state index is 0.0628. The van der Waals surface area contributed by atoms with Crippen molar-refractivity contribution in [3.63, 3.8) is 0 Å². The number of nitrogens with one attached hydrogen (secondary N) is 1. The van der Waals surface area contributed by atoms with Crippen molar-refractivity contribution in [2.75, 3.05) is 5.32 Å². The summed E-state index contributed by atoms with van der Waals surface area (Å²) in [4.78, 5) is 13.0. The van der Waals surface area contributed by atoms with Crippen molar-refractivity contribution in [2.45, 2.75) is 13.5 Å². The van der Waals surface area contributed by atoms with Crippen LogP contribution < -0.4 is 5.32 Å². The van der Waals surface area contributed by atoms with E-state index in [2.05, 4.69) is 50.1 Å². The maximum Gasteiger partial charge on any atom is 0.266 e. The summed E-state index contributed by atoms with van der Waals surface area (Å²) < 4.78 is 3.26. The smallest absolute Gasteiger partial charge is 0.266 e. The van der Waals surface area contributed by atoms with E-state index in [1.165, 1.54) is 5.56 Å². The predicted octanol–water partition coefficient (Wildman–Crippen LogP) is 7.46. The molecule has 1 aromatic heterocycles. The van der Waals surface area contributed by atoms with Gasteiger partial charge in [0, 0.05) is 38.9 Å². The maximum absolute atomic E-state index is 13.0. The molecule has 0 aliphatic rings. The molecule has 5 heteroatoms. The SMILES string of the molecule is Cc1c(/C=C(/C#N)C(=O)Nc2ccc3ccccc3c2)c2ccccc2n1Cc1ccc(Br)cc1. The molecule has 0 saturated carbocycles. The molecule has 0 aliphatic carbocycles. The van der Waals surface area contributed by atoms with Crippen molar-refractivity contribution in [1.82, 2.24) is 4.57 Å². The van der Waals surface area contributed by atoms with Gasteiger partial charge in [-0.2, -0.15) is 5.26 Å². The summed E-state index contributed by atoms with van der Waals surface area (Å²) >= 11 is 3.49. The fraction of sp³-hybridized carbons (Fsp3) is 0.0667. The second-order valence-corrected chi connectivity index (χ2v) is 9.33. The molecule has 0 atom stereocenters. The first-order chi connectivity index (χ1) is 17.0. The highest BCUT2D eigenvalue weighted by molar-refractivity contribution is 9.10. The van der Waals surface area contributed by atoms with Crippen molar-refractivity contribution in [3.8, 4) is 6.07 Å². The number of hydrogen-bond acceptors (Lipinski definition) is 2. The highest BCUT2D eigenvalue weighted by atomic mass is 79.9. The number of para-hydroxylation sites is 1. The Balaban J connectivity index is 1.50. The van der Waals surface area contributed by atoms with Gasteiger partial charge in [-0.1, -0.05) is 76.6 Å². The standard InChI is InChI=1S/C30H22BrN3O/c1-20-28(27-8-4-5-9-29(27)34(20)19-21-10-13-25(31)14-11-21)17-24(18-32)30(35)33-26-15-12-22-6-2-3-7-23(22)16-26/h2-17H,19H2,1H3,(H,33,35)/b24-17-. The molecule has 35 heavy (non-hydrogen) atoms. The van der Waals surface area contributed by atoms with Gasteiger partial charge in [-0.3, -0.25) is 4.79 Å². The van der Waals surface area contributed by atoms with Gasteiger partial charge in [-0.25, -0.2) is 0 Å². The second kappa shape index (κ2) is 9.61. The zero-order valence-electron chi connectivity index (χ0n) is 19.1. The van der Waals surface area contributed by atoms with Gasteiger partial charge in [-0.05, 0) is 59.7 Å². The van der Waals surface area contributed by atoms with Gasteiger partial charge in [-0.15, -0.1) is 0 Å². The van der Waals surface area contributed by atoms with Gasteiger partial charge in [0.25, 0.3) is 5.91 Å². The Kier molecular flexibility index (Phi) is 6.22. The number of anilines is 1. The quantitative estimate of drug-likeness (QED) is 0.193. The average Bonchev–Trinajstić information content (AvgIpc) is 3.14. The van der Waals surface area contributed by atoms with Crippen molar-refractivity contribution >= 4 is 55.3 Å². The molecule has 170 valence electrons. The summed E-state index contributed by atoms with van der Waals surface area (Å²) in [7, 11) is 0. The zero-order valence-corrected chi connectivity index (χ0v) is 20.7. The Morgan fingerprint density at radius 2 is 1.69 bits per heavy atom. The van der Waals surface area contributed by atoms with Crippen LogP contribution in [-0.2, 0) is 11.3 Å². The van der Waals surface area contributed by atoms with Gasteiger partial charge >= 0.3 is 0 Å². The molecule has 0 spiro atoms. The molecular weight excluding hydrogens is 498 g/mol. The summed E-state index contributed by atoms with van der Waals surface area (Å²) in [6.45, 7) is 2.72. The lowest BCUT2D eigenvalue weighted by Gasteiger charge is -2.09. The lowest BCUT2D eigenvalue weighted by atomic mass is 10.1. The van der Waals surface area contributed by atoms with Crippen LogP contribution in [0.2, 0.25) is 0 Å². The van der Waals surface area contributed by atoms with Crippen LogP contribution in [0.5, 0.6) is 0 Å². The number of aromatic nitrogens is 1. The Morgan fingerprint density at radius 1 is 0.971 bits per heavy atom. The van der Waals surface area contributed by atoms with Crippen molar-refractivity contribution in [3.05, 3.63) is 118 Å². The fourth-order valence-corrected chi connectivity index (χ4v) is 4.64. The number of halogens is 1. The molecule has 1 heterocycles. The number of rotatable bonds is 5. The van der Waals surface area contributed by atoms with Gasteiger partial charge < -0.3 is 9.88 Å². The Hall–Kier alpha value is -4.14. The third kappa shape index (κ3) is 4.62. The van der Waals surface area contributed by atoms with Crippen molar-refractivity contribution in [1.29, 1.82) is 5.26 Å². The first-order valence-corrected chi connectivity index (χ1v) is 12.1. The summed E-state index contributed by atoms with van der Waals surface area (Å²) in [6.07, 6.45) is 1.70.